The molecule has 1 heterocycles. The monoisotopic (exact) mass is 289 g/mol. The predicted molar refractivity (Wildman–Crippen MR) is 85.4 cm³/mol. The Bertz CT molecular complexity index is 446. The lowest BCUT2D eigenvalue weighted by Crippen LogP contribution is -2.40. The standard InChI is InChI=1S/C18H27NO2/c1-14(11-18(20)21)17-9-6-10-19(13-17)12-15(2)16-7-4-3-5-8-16/h3-5,7-8,14-15,17H,6,9-13H2,1-2H3,(H,20,21). The third kappa shape index (κ3) is 4.85. The van der Waals surface area contributed by atoms with Crippen LogP contribution in [0.25, 0.3) is 0 Å². The van der Waals surface area contributed by atoms with Gasteiger partial charge in [0.2, 0.25) is 0 Å². The molecule has 0 radical (unpaired) electrons. The van der Waals surface area contributed by atoms with Crippen LogP contribution >= 0.6 is 0 Å². The summed E-state index contributed by atoms with van der Waals surface area (Å²) in [5.74, 6) is 0.659. The van der Waals surface area contributed by atoms with Crippen molar-refractivity contribution in [3.8, 4) is 0 Å². The number of hydrogen-bond acceptors (Lipinski definition) is 2. The summed E-state index contributed by atoms with van der Waals surface area (Å²) in [4.78, 5) is 13.4. The maximum atomic E-state index is 10.9. The highest BCUT2D eigenvalue weighted by Gasteiger charge is 2.26. The highest BCUT2D eigenvalue weighted by atomic mass is 16.4. The lowest BCUT2D eigenvalue weighted by molar-refractivity contribution is -0.138. The lowest BCUT2D eigenvalue weighted by atomic mass is 9.84. The summed E-state index contributed by atoms with van der Waals surface area (Å²) in [5, 5.41) is 8.96. The van der Waals surface area contributed by atoms with Crippen molar-refractivity contribution in [2.24, 2.45) is 11.8 Å². The number of carboxylic acid groups (broad SMARTS) is 1. The van der Waals surface area contributed by atoms with Crippen molar-refractivity contribution in [2.75, 3.05) is 19.6 Å². The van der Waals surface area contributed by atoms with Crippen molar-refractivity contribution in [1.82, 2.24) is 4.90 Å². The number of carbonyl (C=O) groups is 1. The quantitative estimate of drug-likeness (QED) is 0.869. The molecule has 1 aliphatic heterocycles. The van der Waals surface area contributed by atoms with Crippen molar-refractivity contribution >= 4 is 5.97 Å². The fourth-order valence-electron chi connectivity index (χ4n) is 3.44. The first-order valence-corrected chi connectivity index (χ1v) is 8.05. The van der Waals surface area contributed by atoms with Crippen LogP contribution < -0.4 is 0 Å². The summed E-state index contributed by atoms with van der Waals surface area (Å²) in [7, 11) is 0. The van der Waals surface area contributed by atoms with E-state index in [0.29, 0.717) is 18.3 Å². The summed E-state index contributed by atoms with van der Waals surface area (Å²) >= 11 is 0. The summed E-state index contributed by atoms with van der Waals surface area (Å²) in [6.07, 6.45) is 2.66. The molecule has 3 atom stereocenters. The molecular weight excluding hydrogens is 262 g/mol. The van der Waals surface area contributed by atoms with Gasteiger partial charge in [-0.3, -0.25) is 4.79 Å². The molecule has 1 N–H and O–H groups in total. The second-order valence-corrected chi connectivity index (χ2v) is 6.55. The van der Waals surface area contributed by atoms with Crippen LogP contribution in [0.4, 0.5) is 0 Å². The van der Waals surface area contributed by atoms with E-state index in [1.807, 2.05) is 0 Å². The Hall–Kier alpha value is -1.35. The van der Waals surface area contributed by atoms with Crippen LogP contribution in [0.5, 0.6) is 0 Å². The molecule has 1 aromatic rings. The Balaban J connectivity index is 1.88. The molecule has 2 rings (SSSR count). The van der Waals surface area contributed by atoms with Crippen LogP contribution in [-0.2, 0) is 4.79 Å². The van der Waals surface area contributed by atoms with E-state index < -0.39 is 5.97 Å². The van der Waals surface area contributed by atoms with E-state index in [9.17, 15) is 4.79 Å². The minimum Gasteiger partial charge on any atom is -0.481 e. The molecule has 0 spiro atoms. The van der Waals surface area contributed by atoms with Gasteiger partial charge in [-0.1, -0.05) is 44.2 Å². The van der Waals surface area contributed by atoms with Crippen LogP contribution in [0.3, 0.4) is 0 Å². The van der Waals surface area contributed by atoms with Crippen LogP contribution in [-0.4, -0.2) is 35.6 Å². The van der Waals surface area contributed by atoms with E-state index in [-0.39, 0.29) is 5.92 Å². The Morgan fingerprint density at radius 3 is 2.71 bits per heavy atom. The second kappa shape index (κ2) is 7.60. The normalized spacial score (nSPS) is 22.7. The maximum Gasteiger partial charge on any atom is 0.303 e. The summed E-state index contributed by atoms with van der Waals surface area (Å²) in [6, 6.07) is 10.6. The molecule has 1 aromatic carbocycles. The number of piperidine rings is 1. The number of rotatable bonds is 6. The van der Waals surface area contributed by atoms with Gasteiger partial charge in [0, 0.05) is 19.5 Å². The molecule has 0 saturated carbocycles. The first kappa shape index (κ1) is 16.0. The van der Waals surface area contributed by atoms with Gasteiger partial charge in [-0.2, -0.15) is 0 Å². The molecule has 0 aliphatic carbocycles. The molecule has 3 heteroatoms. The lowest BCUT2D eigenvalue weighted by Gasteiger charge is -2.36. The third-order valence-corrected chi connectivity index (χ3v) is 4.74. The number of hydrogen-bond donors (Lipinski definition) is 1. The van der Waals surface area contributed by atoms with Gasteiger partial charge in [-0.25, -0.2) is 0 Å². The van der Waals surface area contributed by atoms with Crippen LogP contribution in [0.2, 0.25) is 0 Å². The van der Waals surface area contributed by atoms with Gasteiger partial charge >= 0.3 is 5.97 Å². The molecule has 0 bridgehead atoms. The SMILES string of the molecule is CC(CN1CCCC(C(C)CC(=O)O)C1)c1ccccc1. The number of aliphatic carboxylic acids is 1. The molecule has 0 aromatic heterocycles. The maximum absolute atomic E-state index is 10.9. The minimum atomic E-state index is -0.669. The molecule has 3 unspecified atom stereocenters. The van der Waals surface area contributed by atoms with E-state index in [2.05, 4.69) is 49.1 Å². The number of likely N-dealkylation sites (tertiary alicyclic amines) is 1. The molecular formula is C18H27NO2. The van der Waals surface area contributed by atoms with E-state index in [4.69, 9.17) is 5.11 Å². The zero-order chi connectivity index (χ0) is 15.2. The van der Waals surface area contributed by atoms with E-state index in [0.717, 1.165) is 19.6 Å². The van der Waals surface area contributed by atoms with Crippen molar-refractivity contribution in [3.05, 3.63) is 35.9 Å². The largest absolute Gasteiger partial charge is 0.481 e. The summed E-state index contributed by atoms with van der Waals surface area (Å²) < 4.78 is 0. The molecule has 1 fully saturated rings. The van der Waals surface area contributed by atoms with Crippen LogP contribution in [0.15, 0.2) is 30.3 Å². The topological polar surface area (TPSA) is 40.5 Å². The molecule has 21 heavy (non-hydrogen) atoms. The van der Waals surface area contributed by atoms with E-state index in [1.165, 1.54) is 18.4 Å². The van der Waals surface area contributed by atoms with Gasteiger partial charge in [-0.05, 0) is 42.7 Å². The predicted octanol–water partition coefficient (Wildman–Crippen LogP) is 3.61. The molecule has 1 aliphatic rings. The molecule has 116 valence electrons. The van der Waals surface area contributed by atoms with Gasteiger partial charge in [0.1, 0.15) is 0 Å². The summed E-state index contributed by atoms with van der Waals surface area (Å²) in [5.41, 5.74) is 1.39. The highest BCUT2D eigenvalue weighted by molar-refractivity contribution is 5.67. The minimum absolute atomic E-state index is 0.275. The molecule has 0 amide bonds. The Morgan fingerprint density at radius 1 is 1.33 bits per heavy atom. The van der Waals surface area contributed by atoms with Gasteiger partial charge in [0.05, 0.1) is 0 Å². The van der Waals surface area contributed by atoms with Crippen molar-refractivity contribution in [1.29, 1.82) is 0 Å². The smallest absolute Gasteiger partial charge is 0.303 e. The molecule has 3 nitrogen and oxygen atoms in total. The zero-order valence-electron chi connectivity index (χ0n) is 13.2. The zero-order valence-corrected chi connectivity index (χ0v) is 13.2. The fourth-order valence-corrected chi connectivity index (χ4v) is 3.44. The van der Waals surface area contributed by atoms with Gasteiger partial charge in [-0.15, -0.1) is 0 Å². The van der Waals surface area contributed by atoms with Crippen molar-refractivity contribution in [2.45, 2.75) is 39.0 Å². The van der Waals surface area contributed by atoms with Gasteiger partial charge < -0.3 is 10.0 Å². The van der Waals surface area contributed by atoms with Crippen molar-refractivity contribution in [3.63, 3.8) is 0 Å². The fraction of sp³-hybridized carbons (Fsp3) is 0.611. The Morgan fingerprint density at radius 2 is 2.05 bits per heavy atom. The number of benzene rings is 1. The average Bonchev–Trinajstić information content (AvgIpc) is 2.47. The number of carboxylic acids is 1. The number of nitrogens with zero attached hydrogens (tertiary/aromatic N) is 1. The van der Waals surface area contributed by atoms with Crippen molar-refractivity contribution < 1.29 is 9.90 Å². The Labute approximate surface area is 128 Å². The average molecular weight is 289 g/mol. The first-order valence-electron chi connectivity index (χ1n) is 8.05. The summed E-state index contributed by atoms with van der Waals surface area (Å²) in [6.45, 7) is 7.63. The first-order chi connectivity index (χ1) is 10.1. The van der Waals surface area contributed by atoms with Crippen LogP contribution in [0, 0.1) is 11.8 Å². The third-order valence-electron chi connectivity index (χ3n) is 4.74. The van der Waals surface area contributed by atoms with Crippen LogP contribution in [0.1, 0.15) is 44.6 Å². The van der Waals surface area contributed by atoms with E-state index in [1.54, 1.807) is 0 Å². The highest BCUT2D eigenvalue weighted by Crippen LogP contribution is 2.27. The van der Waals surface area contributed by atoms with E-state index >= 15 is 0 Å². The second-order valence-electron chi connectivity index (χ2n) is 6.55. The van der Waals surface area contributed by atoms with Gasteiger partial charge in [0.15, 0.2) is 0 Å². The molecule has 1 saturated heterocycles. The van der Waals surface area contributed by atoms with Gasteiger partial charge in [0.25, 0.3) is 0 Å². The Kier molecular flexibility index (Phi) is 5.80.